The van der Waals surface area contributed by atoms with Gasteiger partial charge < -0.3 is 19.9 Å². The number of carbonyl (C=O) groups excluding carboxylic acids is 1. The van der Waals surface area contributed by atoms with E-state index in [0.29, 0.717) is 42.5 Å². The van der Waals surface area contributed by atoms with E-state index < -0.39 is 35.2 Å². The second kappa shape index (κ2) is 10.1. The molecule has 1 fully saturated rings. The predicted molar refractivity (Wildman–Crippen MR) is 123 cm³/mol. The Balaban J connectivity index is 1.39. The average Bonchev–Trinajstić information content (AvgIpc) is 2.87. The van der Waals surface area contributed by atoms with Crippen LogP contribution in [0.15, 0.2) is 54.6 Å². The molecule has 4 rings (SSSR count). The van der Waals surface area contributed by atoms with Gasteiger partial charge in [0.1, 0.15) is 5.75 Å². The van der Waals surface area contributed by atoms with E-state index in [9.17, 15) is 31.1 Å². The van der Waals surface area contributed by atoms with Gasteiger partial charge in [-0.2, -0.15) is 26.3 Å². The lowest BCUT2D eigenvalue weighted by atomic mass is 10.1. The van der Waals surface area contributed by atoms with Gasteiger partial charge in [-0.3, -0.25) is 0 Å². The number of aromatic nitrogens is 2. The third-order valence-corrected chi connectivity index (χ3v) is 5.75. The Morgan fingerprint density at radius 2 is 1.51 bits per heavy atom. The zero-order valence-electron chi connectivity index (χ0n) is 19.4. The van der Waals surface area contributed by atoms with E-state index in [-0.39, 0.29) is 19.2 Å². The maximum Gasteiger partial charge on any atom is 0.416 e. The lowest BCUT2D eigenvalue weighted by molar-refractivity contribution is -0.143. The van der Waals surface area contributed by atoms with E-state index in [2.05, 4.69) is 15.5 Å². The fraction of sp³-hybridized carbons (Fsp3) is 0.292. The zero-order chi connectivity index (χ0) is 26.8. The number of benzene rings is 2. The number of alkyl halides is 6. The molecule has 2 amide bonds. The average molecular weight is 525 g/mol. The third-order valence-electron chi connectivity index (χ3n) is 5.75. The molecule has 0 radical (unpaired) electrons. The van der Waals surface area contributed by atoms with E-state index in [4.69, 9.17) is 4.74 Å². The Morgan fingerprint density at radius 1 is 0.865 bits per heavy atom. The molecule has 3 aromatic rings. The molecular formula is C24H21F6N5O2. The molecule has 0 saturated carbocycles. The maximum atomic E-state index is 13.1. The highest BCUT2D eigenvalue weighted by atomic mass is 19.4. The molecule has 13 heteroatoms. The smallest absolute Gasteiger partial charge is 0.416 e. The molecule has 1 aliphatic heterocycles. The quantitative estimate of drug-likeness (QED) is 0.453. The Kier molecular flexibility index (Phi) is 7.14. The number of piperazine rings is 1. The van der Waals surface area contributed by atoms with Crippen LogP contribution < -0.4 is 15.0 Å². The summed E-state index contributed by atoms with van der Waals surface area (Å²) >= 11 is 0. The Bertz CT molecular complexity index is 1220. The Morgan fingerprint density at radius 3 is 2.05 bits per heavy atom. The number of methoxy groups -OCH3 is 1. The van der Waals surface area contributed by atoms with E-state index in [1.165, 1.54) is 4.90 Å². The highest BCUT2D eigenvalue weighted by Gasteiger charge is 2.37. The second-order valence-electron chi connectivity index (χ2n) is 8.21. The molecule has 0 bridgehead atoms. The summed E-state index contributed by atoms with van der Waals surface area (Å²) in [5, 5.41) is 10.6. The molecule has 1 aliphatic rings. The van der Waals surface area contributed by atoms with Crippen molar-refractivity contribution in [2.24, 2.45) is 0 Å². The number of anilines is 2. The zero-order valence-corrected chi connectivity index (χ0v) is 19.4. The van der Waals surface area contributed by atoms with Crippen LogP contribution in [0.2, 0.25) is 0 Å². The summed E-state index contributed by atoms with van der Waals surface area (Å²) in [6, 6.07) is 11.1. The van der Waals surface area contributed by atoms with Gasteiger partial charge in [-0.1, -0.05) is 12.1 Å². The van der Waals surface area contributed by atoms with Crippen molar-refractivity contribution in [1.82, 2.24) is 15.1 Å². The molecule has 1 N–H and O–H groups in total. The minimum Gasteiger partial charge on any atom is -0.497 e. The standard InChI is InChI=1S/C24H21F6N5O2/c1-37-19-4-2-3-15(11-19)20-5-6-21(33-32-20)34-7-9-35(10-8-34)22(36)31-18-13-16(23(25,26)27)12-17(14-18)24(28,29)30/h2-6,11-14H,7-10H2,1H3,(H,31,36). The molecule has 2 aromatic carbocycles. The van der Waals surface area contributed by atoms with Crippen molar-refractivity contribution in [2.75, 3.05) is 43.5 Å². The minimum atomic E-state index is -5.00. The van der Waals surface area contributed by atoms with Crippen LogP contribution in [-0.4, -0.2) is 54.4 Å². The number of hydrogen-bond acceptors (Lipinski definition) is 5. The van der Waals surface area contributed by atoms with Crippen LogP contribution in [0.1, 0.15) is 11.1 Å². The van der Waals surface area contributed by atoms with Gasteiger partial charge in [0.25, 0.3) is 0 Å². The summed E-state index contributed by atoms with van der Waals surface area (Å²) in [5.41, 5.74) is -2.13. The first-order valence-electron chi connectivity index (χ1n) is 11.0. The summed E-state index contributed by atoms with van der Waals surface area (Å²) in [6.45, 7) is 1.04. The fourth-order valence-electron chi connectivity index (χ4n) is 3.80. The number of amides is 2. The molecule has 0 unspecified atom stereocenters. The normalized spacial score (nSPS) is 14.5. The summed E-state index contributed by atoms with van der Waals surface area (Å²) in [7, 11) is 1.56. The predicted octanol–water partition coefficient (Wildman–Crippen LogP) is 5.54. The number of nitrogens with zero attached hydrogens (tertiary/aromatic N) is 4. The molecule has 0 spiro atoms. The van der Waals surface area contributed by atoms with Crippen molar-refractivity contribution < 1.29 is 35.9 Å². The summed E-state index contributed by atoms with van der Waals surface area (Å²) in [6.07, 6.45) is -10.0. The van der Waals surface area contributed by atoms with Gasteiger partial charge in [-0.05, 0) is 42.5 Å². The number of ether oxygens (including phenoxy) is 1. The number of hydrogen-bond donors (Lipinski definition) is 1. The largest absolute Gasteiger partial charge is 0.497 e. The van der Waals surface area contributed by atoms with Crippen LogP contribution in [0.3, 0.4) is 0 Å². The van der Waals surface area contributed by atoms with Gasteiger partial charge in [0, 0.05) is 37.4 Å². The van der Waals surface area contributed by atoms with Crippen LogP contribution in [0.25, 0.3) is 11.3 Å². The van der Waals surface area contributed by atoms with Crippen molar-refractivity contribution in [3.63, 3.8) is 0 Å². The molecule has 37 heavy (non-hydrogen) atoms. The molecule has 2 heterocycles. The molecule has 7 nitrogen and oxygen atoms in total. The van der Waals surface area contributed by atoms with Crippen LogP contribution in [0.5, 0.6) is 5.75 Å². The summed E-state index contributed by atoms with van der Waals surface area (Å²) < 4.78 is 83.7. The highest BCUT2D eigenvalue weighted by molar-refractivity contribution is 5.89. The van der Waals surface area contributed by atoms with Gasteiger partial charge in [0.15, 0.2) is 5.82 Å². The van der Waals surface area contributed by atoms with E-state index in [0.717, 1.165) is 5.56 Å². The SMILES string of the molecule is COc1cccc(-c2ccc(N3CCN(C(=O)Nc4cc(C(F)(F)F)cc(C(F)(F)F)c4)CC3)nn2)c1. The Hall–Kier alpha value is -4.03. The van der Waals surface area contributed by atoms with Crippen LogP contribution >= 0.6 is 0 Å². The van der Waals surface area contributed by atoms with Crippen molar-refractivity contribution in [3.05, 3.63) is 65.7 Å². The van der Waals surface area contributed by atoms with Gasteiger partial charge in [-0.15, -0.1) is 10.2 Å². The van der Waals surface area contributed by atoms with Crippen molar-refractivity contribution in [2.45, 2.75) is 12.4 Å². The Labute approximate surface area is 207 Å². The van der Waals surface area contributed by atoms with Gasteiger partial charge >= 0.3 is 18.4 Å². The first-order valence-corrected chi connectivity index (χ1v) is 11.0. The van der Waals surface area contributed by atoms with Gasteiger partial charge in [0.2, 0.25) is 0 Å². The molecule has 0 aliphatic carbocycles. The fourth-order valence-corrected chi connectivity index (χ4v) is 3.80. The van der Waals surface area contributed by atoms with Gasteiger partial charge in [0.05, 0.1) is 23.9 Å². The maximum absolute atomic E-state index is 13.1. The van der Waals surface area contributed by atoms with E-state index >= 15 is 0 Å². The van der Waals surface area contributed by atoms with Gasteiger partial charge in [-0.25, -0.2) is 4.79 Å². The number of halogens is 6. The van der Waals surface area contributed by atoms with Crippen molar-refractivity contribution >= 4 is 17.5 Å². The van der Waals surface area contributed by atoms with Crippen LogP contribution in [-0.2, 0) is 12.4 Å². The van der Waals surface area contributed by atoms with E-state index in [1.54, 1.807) is 19.2 Å². The van der Waals surface area contributed by atoms with Crippen LogP contribution in [0, 0.1) is 0 Å². The monoisotopic (exact) mass is 525 g/mol. The lowest BCUT2D eigenvalue weighted by Gasteiger charge is -2.35. The lowest BCUT2D eigenvalue weighted by Crippen LogP contribution is -2.50. The molecule has 1 aromatic heterocycles. The minimum absolute atomic E-state index is 0.00895. The third kappa shape index (κ3) is 6.22. The number of carbonyl (C=O) groups is 1. The molecule has 1 saturated heterocycles. The number of rotatable bonds is 4. The topological polar surface area (TPSA) is 70.6 Å². The number of nitrogens with one attached hydrogen (secondary N) is 1. The van der Waals surface area contributed by atoms with E-state index in [1.807, 2.05) is 29.2 Å². The number of urea groups is 1. The molecule has 196 valence electrons. The summed E-state index contributed by atoms with van der Waals surface area (Å²) in [5.74, 6) is 1.25. The molecular weight excluding hydrogens is 504 g/mol. The first-order chi connectivity index (χ1) is 17.4. The first kappa shape index (κ1) is 26.0. The highest BCUT2D eigenvalue weighted by Crippen LogP contribution is 2.37. The van der Waals surface area contributed by atoms with Crippen LogP contribution in [0.4, 0.5) is 42.6 Å². The molecule has 0 atom stereocenters. The summed E-state index contributed by atoms with van der Waals surface area (Å²) in [4.78, 5) is 15.8. The second-order valence-corrected chi connectivity index (χ2v) is 8.21. The van der Waals surface area contributed by atoms with Crippen molar-refractivity contribution in [1.29, 1.82) is 0 Å². The van der Waals surface area contributed by atoms with Crippen molar-refractivity contribution in [3.8, 4) is 17.0 Å².